The smallest absolute Gasteiger partial charge is 0.410 e. The molecule has 1 fully saturated rings. The van der Waals surface area contributed by atoms with E-state index in [1.807, 2.05) is 81.4 Å². The second-order valence-electron chi connectivity index (χ2n) is 9.89. The van der Waals surface area contributed by atoms with E-state index in [4.69, 9.17) is 14.5 Å². The summed E-state index contributed by atoms with van der Waals surface area (Å²) in [5, 5.41) is 0. The summed E-state index contributed by atoms with van der Waals surface area (Å²) in [4.78, 5) is 27.0. The van der Waals surface area contributed by atoms with Crippen molar-refractivity contribution < 1.29 is 14.3 Å². The Hall–Kier alpha value is -3.87. The van der Waals surface area contributed by atoms with Crippen molar-refractivity contribution in [3.05, 3.63) is 78.0 Å². The van der Waals surface area contributed by atoms with Gasteiger partial charge in [-0.05, 0) is 68.7 Å². The molecular weight excluding hydrogens is 440 g/mol. The van der Waals surface area contributed by atoms with Gasteiger partial charge in [-0.3, -0.25) is 0 Å². The van der Waals surface area contributed by atoms with Crippen molar-refractivity contribution in [1.29, 1.82) is 0 Å². The first kappa shape index (κ1) is 22.9. The van der Waals surface area contributed by atoms with Gasteiger partial charge in [0.15, 0.2) is 5.65 Å². The van der Waals surface area contributed by atoms with Gasteiger partial charge in [-0.1, -0.05) is 30.3 Å². The number of nitrogens with zero attached hydrogens (tertiary/aromatic N) is 3. The van der Waals surface area contributed by atoms with Gasteiger partial charge in [0.05, 0.1) is 5.52 Å². The van der Waals surface area contributed by atoms with E-state index in [0.717, 1.165) is 40.2 Å². The number of carbonyl (C=O) groups excluding carboxylic acids is 1. The fourth-order valence-corrected chi connectivity index (χ4v) is 4.36. The highest BCUT2D eigenvalue weighted by Gasteiger charge is 2.31. The first-order chi connectivity index (χ1) is 16.9. The molecule has 1 aliphatic heterocycles. The molecule has 5 rings (SSSR count). The molecule has 1 unspecified atom stereocenters. The van der Waals surface area contributed by atoms with E-state index in [0.29, 0.717) is 25.3 Å². The molecule has 0 aliphatic carbocycles. The molecule has 0 saturated carbocycles. The molecule has 180 valence electrons. The predicted octanol–water partition coefficient (Wildman–Crippen LogP) is 5.93. The number of nitrogens with one attached hydrogen (secondary N) is 1. The van der Waals surface area contributed by atoms with E-state index in [1.54, 1.807) is 11.1 Å². The summed E-state index contributed by atoms with van der Waals surface area (Å²) in [5.41, 5.74) is 4.31. The Morgan fingerprint density at radius 3 is 2.60 bits per heavy atom. The van der Waals surface area contributed by atoms with Crippen molar-refractivity contribution >= 4 is 17.3 Å². The molecule has 0 spiro atoms. The number of aromatic nitrogens is 3. The van der Waals surface area contributed by atoms with E-state index in [1.165, 1.54) is 0 Å². The molecular formula is C28H30N4O3. The predicted molar refractivity (Wildman–Crippen MR) is 135 cm³/mol. The van der Waals surface area contributed by atoms with Crippen LogP contribution in [0.1, 0.15) is 44.2 Å². The quantitative estimate of drug-likeness (QED) is 0.391. The molecule has 0 bridgehead atoms. The van der Waals surface area contributed by atoms with Crippen LogP contribution in [-0.2, 0) is 11.3 Å². The molecule has 1 saturated heterocycles. The second-order valence-corrected chi connectivity index (χ2v) is 9.89. The summed E-state index contributed by atoms with van der Waals surface area (Å²) in [6.45, 7) is 7.49. The Balaban J connectivity index is 1.30. The zero-order chi connectivity index (χ0) is 24.4. The number of fused-ring (bicyclic) bond motifs is 1. The lowest BCUT2D eigenvalue weighted by Crippen LogP contribution is -2.35. The lowest BCUT2D eigenvalue weighted by Gasteiger charge is -2.24. The van der Waals surface area contributed by atoms with E-state index in [9.17, 15) is 4.79 Å². The molecule has 2 aromatic heterocycles. The van der Waals surface area contributed by atoms with Crippen molar-refractivity contribution in [2.45, 2.75) is 45.3 Å². The average molecular weight is 471 g/mol. The highest BCUT2D eigenvalue weighted by molar-refractivity contribution is 5.80. The Bertz CT molecular complexity index is 1310. The Kier molecular flexibility index (Phi) is 6.16. The van der Waals surface area contributed by atoms with Gasteiger partial charge in [0.1, 0.15) is 23.8 Å². The van der Waals surface area contributed by atoms with Gasteiger partial charge < -0.3 is 19.4 Å². The number of hydrogen-bond acceptors (Lipinski definition) is 5. The summed E-state index contributed by atoms with van der Waals surface area (Å²) < 4.78 is 11.5. The Labute approximate surface area is 205 Å². The number of benzene rings is 2. The van der Waals surface area contributed by atoms with E-state index >= 15 is 0 Å². The van der Waals surface area contributed by atoms with Gasteiger partial charge in [0.2, 0.25) is 0 Å². The van der Waals surface area contributed by atoms with Crippen LogP contribution >= 0.6 is 0 Å². The molecule has 2 aromatic carbocycles. The van der Waals surface area contributed by atoms with Crippen molar-refractivity contribution in [1.82, 2.24) is 19.9 Å². The molecule has 4 aromatic rings. The first-order valence-corrected chi connectivity index (χ1v) is 12.0. The number of H-pyrrole nitrogens is 1. The number of ether oxygens (including phenoxy) is 2. The van der Waals surface area contributed by atoms with Crippen molar-refractivity contribution in [3.63, 3.8) is 0 Å². The number of likely N-dealkylation sites (tertiary alicyclic amines) is 1. The van der Waals surface area contributed by atoms with Crippen LogP contribution in [0.15, 0.2) is 66.9 Å². The molecule has 1 aliphatic rings. The third-order valence-corrected chi connectivity index (χ3v) is 6.08. The minimum Gasteiger partial charge on any atom is -0.489 e. The van der Waals surface area contributed by atoms with Gasteiger partial charge >= 0.3 is 6.09 Å². The molecule has 7 heteroatoms. The second kappa shape index (κ2) is 9.41. The molecule has 35 heavy (non-hydrogen) atoms. The van der Waals surface area contributed by atoms with Crippen LogP contribution in [0, 0.1) is 0 Å². The molecule has 1 atom stereocenters. The average Bonchev–Trinajstić information content (AvgIpc) is 3.50. The van der Waals surface area contributed by atoms with Gasteiger partial charge in [-0.15, -0.1) is 0 Å². The lowest BCUT2D eigenvalue weighted by molar-refractivity contribution is 0.0292. The van der Waals surface area contributed by atoms with Crippen LogP contribution in [0.2, 0.25) is 0 Å². The summed E-state index contributed by atoms with van der Waals surface area (Å²) in [6.07, 6.45) is 2.41. The maximum Gasteiger partial charge on any atom is 0.410 e. The number of rotatable bonds is 5. The zero-order valence-corrected chi connectivity index (χ0v) is 20.3. The molecule has 1 amide bonds. The van der Waals surface area contributed by atoms with Crippen molar-refractivity contribution in [2.24, 2.45) is 0 Å². The maximum atomic E-state index is 12.5. The van der Waals surface area contributed by atoms with Gasteiger partial charge in [0.25, 0.3) is 0 Å². The minimum atomic E-state index is -0.500. The van der Waals surface area contributed by atoms with Gasteiger partial charge in [-0.2, -0.15) is 0 Å². The number of hydrogen-bond donors (Lipinski definition) is 1. The van der Waals surface area contributed by atoms with E-state index in [-0.39, 0.29) is 12.0 Å². The van der Waals surface area contributed by atoms with Crippen molar-refractivity contribution in [3.8, 4) is 17.1 Å². The van der Waals surface area contributed by atoms with Crippen LogP contribution in [0.25, 0.3) is 22.6 Å². The van der Waals surface area contributed by atoms with Gasteiger partial charge in [0, 0.05) is 30.8 Å². The van der Waals surface area contributed by atoms with Gasteiger partial charge in [-0.25, -0.2) is 14.8 Å². The van der Waals surface area contributed by atoms with Crippen LogP contribution in [0.3, 0.4) is 0 Å². The molecule has 0 radical (unpaired) electrons. The van der Waals surface area contributed by atoms with E-state index in [2.05, 4.69) is 9.97 Å². The third-order valence-electron chi connectivity index (χ3n) is 6.08. The van der Waals surface area contributed by atoms with E-state index < -0.39 is 5.60 Å². The number of pyridine rings is 1. The van der Waals surface area contributed by atoms with Crippen LogP contribution in [0.4, 0.5) is 4.79 Å². The third kappa shape index (κ3) is 5.29. The van der Waals surface area contributed by atoms with Crippen LogP contribution in [-0.4, -0.2) is 44.6 Å². The number of imidazole rings is 1. The Morgan fingerprint density at radius 2 is 1.86 bits per heavy atom. The summed E-state index contributed by atoms with van der Waals surface area (Å²) in [5.74, 6) is 1.77. The fourth-order valence-electron chi connectivity index (χ4n) is 4.36. The highest BCUT2D eigenvalue weighted by Crippen LogP contribution is 2.33. The lowest BCUT2D eigenvalue weighted by atomic mass is 9.98. The summed E-state index contributed by atoms with van der Waals surface area (Å²) in [7, 11) is 0. The number of carbonyl (C=O) groups is 1. The highest BCUT2D eigenvalue weighted by atomic mass is 16.6. The molecule has 7 nitrogen and oxygen atoms in total. The minimum absolute atomic E-state index is 0.204. The van der Waals surface area contributed by atoms with Crippen molar-refractivity contribution in [2.75, 3.05) is 13.1 Å². The molecule has 1 N–H and O–H groups in total. The maximum absolute atomic E-state index is 12.5. The first-order valence-electron chi connectivity index (χ1n) is 12.0. The Morgan fingerprint density at radius 1 is 1.09 bits per heavy atom. The number of aromatic amines is 1. The topological polar surface area (TPSA) is 80.3 Å². The largest absolute Gasteiger partial charge is 0.489 e. The monoisotopic (exact) mass is 470 g/mol. The SMILES string of the molecule is CC(C)(C)OC(=O)N1CCC(c2ccnc3nc(-c4ccc(OCc5ccccc5)cc4)[nH]c23)C1. The zero-order valence-electron chi connectivity index (χ0n) is 20.3. The summed E-state index contributed by atoms with van der Waals surface area (Å²) in [6, 6.07) is 20.0. The summed E-state index contributed by atoms with van der Waals surface area (Å²) >= 11 is 0. The van der Waals surface area contributed by atoms with Crippen LogP contribution < -0.4 is 4.74 Å². The molecule has 3 heterocycles. The normalized spacial score (nSPS) is 16.0. The number of amides is 1. The van der Waals surface area contributed by atoms with Crippen LogP contribution in [0.5, 0.6) is 5.75 Å². The fraction of sp³-hybridized carbons (Fsp3) is 0.321. The standard InChI is InChI=1S/C28H30N4O3/c1-28(2,3)35-27(33)32-16-14-21(17-32)23-13-15-29-26-24(23)30-25(31-26)20-9-11-22(12-10-20)34-18-19-7-5-4-6-8-19/h4-13,15,21H,14,16-18H2,1-3H3,(H,29,30,31).